The van der Waals surface area contributed by atoms with E-state index in [2.05, 4.69) is 34.9 Å². The van der Waals surface area contributed by atoms with Gasteiger partial charge >= 0.3 is 0 Å². The van der Waals surface area contributed by atoms with Crippen LogP contribution in [0.25, 0.3) is 0 Å². The minimum atomic E-state index is -1.21. The SMILES string of the molecule is CC1=NC([Si](C)(C)C)N=N1. The molecule has 1 aliphatic heterocycles. The van der Waals surface area contributed by atoms with E-state index in [0.29, 0.717) is 0 Å². The average Bonchev–Trinajstić information content (AvgIpc) is 2.11. The summed E-state index contributed by atoms with van der Waals surface area (Å²) < 4.78 is 0. The van der Waals surface area contributed by atoms with Gasteiger partial charge < -0.3 is 0 Å². The molecule has 1 rings (SSSR count). The summed E-state index contributed by atoms with van der Waals surface area (Å²) in [4.78, 5) is 4.30. The Morgan fingerprint density at radius 2 is 1.90 bits per heavy atom. The molecule has 0 bridgehead atoms. The van der Waals surface area contributed by atoms with E-state index in [-0.39, 0.29) is 5.79 Å². The fourth-order valence-corrected chi connectivity index (χ4v) is 1.71. The standard InChI is InChI=1S/C6H13N3Si/c1-5-7-6(9-8-5)10(2,3)4/h6H,1-4H3. The van der Waals surface area contributed by atoms with E-state index in [1.165, 1.54) is 0 Å². The van der Waals surface area contributed by atoms with Crippen LogP contribution in [0, 0.1) is 0 Å². The predicted molar refractivity (Wildman–Crippen MR) is 45.1 cm³/mol. The number of aliphatic imine (C=N–C) groups is 1. The average molecular weight is 155 g/mol. The van der Waals surface area contributed by atoms with Gasteiger partial charge in [0.15, 0.2) is 0 Å². The van der Waals surface area contributed by atoms with Gasteiger partial charge in [-0.15, -0.1) is 5.11 Å². The fourth-order valence-electron chi connectivity index (χ4n) is 0.734. The van der Waals surface area contributed by atoms with Crippen LogP contribution in [0.15, 0.2) is 15.2 Å². The van der Waals surface area contributed by atoms with Gasteiger partial charge in [-0.3, -0.25) is 0 Å². The highest BCUT2D eigenvalue weighted by molar-refractivity contribution is 6.77. The second-order valence-corrected chi connectivity index (χ2v) is 8.88. The first-order valence-electron chi connectivity index (χ1n) is 3.45. The zero-order chi connectivity index (χ0) is 7.78. The molecular formula is C6H13N3Si. The Hall–Kier alpha value is -0.513. The van der Waals surface area contributed by atoms with Crippen molar-refractivity contribution in [1.29, 1.82) is 0 Å². The lowest BCUT2D eigenvalue weighted by atomic mass is 10.7. The second-order valence-electron chi connectivity index (χ2n) is 3.63. The van der Waals surface area contributed by atoms with Gasteiger partial charge in [-0.2, -0.15) is 5.11 Å². The van der Waals surface area contributed by atoms with Crippen molar-refractivity contribution in [3.8, 4) is 0 Å². The molecule has 56 valence electrons. The zero-order valence-corrected chi connectivity index (χ0v) is 7.92. The first-order chi connectivity index (χ1) is 4.50. The molecule has 0 aromatic heterocycles. The Kier molecular flexibility index (Phi) is 1.72. The monoisotopic (exact) mass is 155 g/mol. The first kappa shape index (κ1) is 7.59. The lowest BCUT2D eigenvalue weighted by Gasteiger charge is -2.16. The van der Waals surface area contributed by atoms with Crippen LogP contribution in [0.1, 0.15) is 6.92 Å². The zero-order valence-electron chi connectivity index (χ0n) is 6.92. The molecule has 4 heteroatoms. The number of hydrogen-bond donors (Lipinski definition) is 0. The molecule has 1 heterocycles. The summed E-state index contributed by atoms with van der Waals surface area (Å²) >= 11 is 0. The van der Waals surface area contributed by atoms with Gasteiger partial charge in [-0.25, -0.2) is 4.99 Å². The second kappa shape index (κ2) is 2.27. The molecule has 0 aromatic carbocycles. The van der Waals surface area contributed by atoms with Gasteiger partial charge in [0, 0.05) is 0 Å². The maximum atomic E-state index is 4.30. The molecule has 3 nitrogen and oxygen atoms in total. The van der Waals surface area contributed by atoms with E-state index in [9.17, 15) is 0 Å². The molecule has 0 N–H and O–H groups in total. The summed E-state index contributed by atoms with van der Waals surface area (Å²) in [5, 5.41) is 7.96. The normalized spacial score (nSPS) is 25.2. The molecule has 1 atom stereocenters. The maximum Gasteiger partial charge on any atom is 0.148 e. The van der Waals surface area contributed by atoms with Crippen LogP contribution in [0.2, 0.25) is 19.6 Å². The molecule has 1 aliphatic rings. The highest BCUT2D eigenvalue weighted by Crippen LogP contribution is 2.17. The van der Waals surface area contributed by atoms with Crippen LogP contribution in [0.5, 0.6) is 0 Å². The Morgan fingerprint density at radius 1 is 1.30 bits per heavy atom. The van der Waals surface area contributed by atoms with E-state index in [1.54, 1.807) is 0 Å². The minimum absolute atomic E-state index is 0.174. The topological polar surface area (TPSA) is 37.1 Å². The summed E-state index contributed by atoms with van der Waals surface area (Å²) in [6.07, 6.45) is 0. The summed E-state index contributed by atoms with van der Waals surface area (Å²) in [6, 6.07) is 0. The first-order valence-corrected chi connectivity index (χ1v) is 7.03. The van der Waals surface area contributed by atoms with Crippen molar-refractivity contribution in [2.75, 3.05) is 0 Å². The largest absolute Gasteiger partial charge is 0.244 e. The van der Waals surface area contributed by atoms with Crippen LogP contribution >= 0.6 is 0 Å². The number of rotatable bonds is 1. The quantitative estimate of drug-likeness (QED) is 0.520. The summed E-state index contributed by atoms with van der Waals surface area (Å²) in [5.41, 5.74) is 0. The molecule has 10 heavy (non-hydrogen) atoms. The van der Waals surface area contributed by atoms with Crippen LogP contribution in [0.4, 0.5) is 0 Å². The lowest BCUT2D eigenvalue weighted by molar-refractivity contribution is 0.912. The molecular weight excluding hydrogens is 142 g/mol. The van der Waals surface area contributed by atoms with Gasteiger partial charge in [0.05, 0.1) is 0 Å². The summed E-state index contributed by atoms with van der Waals surface area (Å²) in [5.74, 6) is 1.000. The van der Waals surface area contributed by atoms with E-state index < -0.39 is 8.07 Å². The van der Waals surface area contributed by atoms with Crippen molar-refractivity contribution in [3.63, 3.8) is 0 Å². The van der Waals surface area contributed by atoms with Crippen molar-refractivity contribution in [2.45, 2.75) is 32.4 Å². The number of nitrogens with zero attached hydrogens (tertiary/aromatic N) is 3. The third-order valence-corrected chi connectivity index (χ3v) is 3.19. The van der Waals surface area contributed by atoms with Gasteiger partial charge in [0.1, 0.15) is 19.7 Å². The Morgan fingerprint density at radius 3 is 2.10 bits per heavy atom. The van der Waals surface area contributed by atoms with Gasteiger partial charge in [0.25, 0.3) is 0 Å². The molecule has 1 unspecified atom stereocenters. The molecule has 0 fully saturated rings. The highest BCUT2D eigenvalue weighted by Gasteiger charge is 2.28. The van der Waals surface area contributed by atoms with Gasteiger partial charge in [-0.05, 0) is 6.92 Å². The molecule has 0 aromatic rings. The summed E-state index contributed by atoms with van der Waals surface area (Å²) in [7, 11) is -1.21. The highest BCUT2D eigenvalue weighted by atomic mass is 28.3. The third kappa shape index (κ3) is 1.50. The summed E-state index contributed by atoms with van der Waals surface area (Å²) in [6.45, 7) is 8.64. The van der Waals surface area contributed by atoms with Crippen LogP contribution in [-0.4, -0.2) is 19.7 Å². The van der Waals surface area contributed by atoms with Crippen molar-refractivity contribution in [3.05, 3.63) is 0 Å². The maximum absolute atomic E-state index is 4.30. The van der Waals surface area contributed by atoms with Crippen LogP contribution in [-0.2, 0) is 0 Å². The molecule has 0 aliphatic carbocycles. The van der Waals surface area contributed by atoms with Crippen molar-refractivity contribution < 1.29 is 0 Å². The van der Waals surface area contributed by atoms with Crippen molar-refractivity contribution in [1.82, 2.24) is 0 Å². The smallest absolute Gasteiger partial charge is 0.148 e. The Balaban J connectivity index is 2.72. The lowest BCUT2D eigenvalue weighted by Crippen LogP contribution is -2.34. The molecule has 0 radical (unpaired) electrons. The molecule has 0 spiro atoms. The Bertz CT molecular complexity index is 190. The van der Waals surface area contributed by atoms with E-state index >= 15 is 0 Å². The van der Waals surface area contributed by atoms with Gasteiger partial charge in [0.2, 0.25) is 0 Å². The number of azo groups is 1. The molecule has 0 saturated carbocycles. The van der Waals surface area contributed by atoms with E-state index in [4.69, 9.17) is 0 Å². The fraction of sp³-hybridized carbons (Fsp3) is 0.833. The van der Waals surface area contributed by atoms with Gasteiger partial charge in [-0.1, -0.05) is 19.6 Å². The van der Waals surface area contributed by atoms with E-state index in [0.717, 1.165) is 5.84 Å². The minimum Gasteiger partial charge on any atom is -0.244 e. The third-order valence-electron chi connectivity index (χ3n) is 1.40. The number of amidine groups is 1. The Labute approximate surface area is 62.3 Å². The van der Waals surface area contributed by atoms with Crippen molar-refractivity contribution >= 4 is 13.9 Å². The molecule has 0 amide bonds. The van der Waals surface area contributed by atoms with Crippen LogP contribution in [0.3, 0.4) is 0 Å². The van der Waals surface area contributed by atoms with Crippen LogP contribution < -0.4 is 0 Å². The van der Waals surface area contributed by atoms with E-state index in [1.807, 2.05) is 6.92 Å². The molecule has 0 saturated heterocycles. The predicted octanol–water partition coefficient (Wildman–Crippen LogP) is 2.07. The van der Waals surface area contributed by atoms with Crippen molar-refractivity contribution in [2.24, 2.45) is 15.2 Å². The number of hydrogen-bond acceptors (Lipinski definition) is 3.